The molecule has 0 atom stereocenters. The summed E-state index contributed by atoms with van der Waals surface area (Å²) in [5, 5.41) is 0. The van der Waals surface area contributed by atoms with Crippen molar-refractivity contribution < 1.29 is 9.13 Å². The zero-order valence-corrected chi connectivity index (χ0v) is 8.08. The minimum atomic E-state index is -0.214. The summed E-state index contributed by atoms with van der Waals surface area (Å²) in [6.45, 7) is 0. The van der Waals surface area contributed by atoms with Crippen LogP contribution in [0.2, 0.25) is 0 Å². The first-order valence-electron chi connectivity index (χ1n) is 5.08. The molecule has 2 rings (SSSR count). The van der Waals surface area contributed by atoms with Gasteiger partial charge in [0.1, 0.15) is 11.6 Å². The number of ether oxygens (including phenoxy) is 1. The summed E-state index contributed by atoms with van der Waals surface area (Å²) in [5.74, 6) is 0.563. The average Bonchev–Trinajstić information content (AvgIpc) is 2.23. The fourth-order valence-electron chi connectivity index (χ4n) is 1.72. The van der Waals surface area contributed by atoms with E-state index >= 15 is 0 Å². The van der Waals surface area contributed by atoms with Crippen LogP contribution in [0.4, 0.5) is 4.39 Å². The Bertz CT molecular complexity index is 275. The van der Waals surface area contributed by atoms with Gasteiger partial charge in [0.25, 0.3) is 0 Å². The Labute approximate surface area is 83.9 Å². The minimum absolute atomic E-state index is 0.214. The highest BCUT2D eigenvalue weighted by molar-refractivity contribution is 5.22. The minimum Gasteiger partial charge on any atom is -0.490 e. The lowest BCUT2D eigenvalue weighted by Gasteiger charge is -2.22. The van der Waals surface area contributed by atoms with Crippen molar-refractivity contribution in [3.63, 3.8) is 0 Å². The Kier molecular flexibility index (Phi) is 3.02. The number of benzene rings is 1. The standard InChI is InChI=1S/C12H14FO/c13-10-6-8-12(9-7-10)14-11-4-2-1-3-5-11/h1,6-9,11H,2-5H2. The SMILES string of the molecule is Fc1ccc(OC2CC[CH]CC2)cc1. The summed E-state index contributed by atoms with van der Waals surface area (Å²) in [6.07, 6.45) is 7.03. The van der Waals surface area contributed by atoms with Gasteiger partial charge >= 0.3 is 0 Å². The van der Waals surface area contributed by atoms with E-state index < -0.39 is 0 Å². The molecule has 1 radical (unpaired) electrons. The Hall–Kier alpha value is -1.05. The molecule has 2 heteroatoms. The van der Waals surface area contributed by atoms with Gasteiger partial charge in [-0.15, -0.1) is 0 Å². The molecule has 1 aromatic carbocycles. The number of halogens is 1. The molecule has 1 aromatic rings. The predicted molar refractivity (Wildman–Crippen MR) is 53.6 cm³/mol. The van der Waals surface area contributed by atoms with Crippen LogP contribution < -0.4 is 4.74 Å². The summed E-state index contributed by atoms with van der Waals surface area (Å²) in [4.78, 5) is 0. The molecule has 0 unspecified atom stereocenters. The van der Waals surface area contributed by atoms with Gasteiger partial charge in [-0.05, 0) is 56.4 Å². The largest absolute Gasteiger partial charge is 0.490 e. The van der Waals surface area contributed by atoms with Gasteiger partial charge in [0, 0.05) is 0 Å². The summed E-state index contributed by atoms with van der Waals surface area (Å²) in [6, 6.07) is 6.25. The van der Waals surface area contributed by atoms with Crippen molar-refractivity contribution in [2.75, 3.05) is 0 Å². The molecule has 0 aromatic heterocycles. The fourth-order valence-corrected chi connectivity index (χ4v) is 1.72. The highest BCUT2D eigenvalue weighted by atomic mass is 19.1. The maximum atomic E-state index is 12.6. The molecule has 1 saturated carbocycles. The zero-order chi connectivity index (χ0) is 9.80. The van der Waals surface area contributed by atoms with Gasteiger partial charge in [0.15, 0.2) is 0 Å². The van der Waals surface area contributed by atoms with Crippen LogP contribution in [0.5, 0.6) is 5.75 Å². The van der Waals surface area contributed by atoms with Crippen LogP contribution in [0.3, 0.4) is 0 Å². The monoisotopic (exact) mass is 193 g/mol. The number of rotatable bonds is 2. The van der Waals surface area contributed by atoms with E-state index in [0.717, 1.165) is 31.4 Å². The van der Waals surface area contributed by atoms with Crippen LogP contribution in [0.15, 0.2) is 24.3 Å². The van der Waals surface area contributed by atoms with Crippen LogP contribution >= 0.6 is 0 Å². The molecule has 0 bridgehead atoms. The van der Waals surface area contributed by atoms with E-state index in [2.05, 4.69) is 6.42 Å². The number of hydrogen-bond donors (Lipinski definition) is 0. The van der Waals surface area contributed by atoms with Crippen molar-refractivity contribution >= 4 is 0 Å². The molecule has 0 aliphatic heterocycles. The Morgan fingerprint density at radius 2 is 1.71 bits per heavy atom. The second kappa shape index (κ2) is 4.45. The third-order valence-corrected chi connectivity index (χ3v) is 2.50. The van der Waals surface area contributed by atoms with Crippen LogP contribution in [-0.2, 0) is 0 Å². The summed E-state index contributed by atoms with van der Waals surface area (Å²) < 4.78 is 18.3. The average molecular weight is 193 g/mol. The molecule has 1 aliphatic rings. The third-order valence-electron chi connectivity index (χ3n) is 2.50. The lowest BCUT2D eigenvalue weighted by atomic mass is 9.98. The molecule has 1 fully saturated rings. The molecule has 1 nitrogen and oxygen atoms in total. The molecule has 75 valence electrons. The summed E-state index contributed by atoms with van der Waals surface area (Å²) >= 11 is 0. The second-order valence-electron chi connectivity index (χ2n) is 3.64. The lowest BCUT2D eigenvalue weighted by molar-refractivity contribution is 0.168. The van der Waals surface area contributed by atoms with Crippen LogP contribution in [0, 0.1) is 12.2 Å². The van der Waals surface area contributed by atoms with Crippen molar-refractivity contribution in [3.05, 3.63) is 36.5 Å². The summed E-state index contributed by atoms with van der Waals surface area (Å²) in [7, 11) is 0. The van der Waals surface area contributed by atoms with Crippen molar-refractivity contribution in [1.82, 2.24) is 0 Å². The van der Waals surface area contributed by atoms with Crippen molar-refractivity contribution in [1.29, 1.82) is 0 Å². The Morgan fingerprint density at radius 1 is 1.07 bits per heavy atom. The first-order valence-corrected chi connectivity index (χ1v) is 5.08. The number of hydrogen-bond acceptors (Lipinski definition) is 1. The van der Waals surface area contributed by atoms with Crippen molar-refractivity contribution in [2.24, 2.45) is 0 Å². The Balaban J connectivity index is 1.92. The summed E-state index contributed by atoms with van der Waals surface area (Å²) in [5.41, 5.74) is 0. The fraction of sp³-hybridized carbons (Fsp3) is 0.417. The molecule has 0 saturated heterocycles. The van der Waals surface area contributed by atoms with E-state index in [1.807, 2.05) is 0 Å². The van der Waals surface area contributed by atoms with Gasteiger partial charge < -0.3 is 4.74 Å². The second-order valence-corrected chi connectivity index (χ2v) is 3.64. The highest BCUT2D eigenvalue weighted by Gasteiger charge is 2.14. The van der Waals surface area contributed by atoms with Gasteiger partial charge in [-0.3, -0.25) is 0 Å². The normalized spacial score (nSPS) is 18.1. The van der Waals surface area contributed by atoms with Gasteiger partial charge in [-0.25, -0.2) is 4.39 Å². The Morgan fingerprint density at radius 3 is 2.36 bits per heavy atom. The van der Waals surface area contributed by atoms with E-state index in [1.165, 1.54) is 12.1 Å². The maximum Gasteiger partial charge on any atom is 0.123 e. The first-order chi connectivity index (χ1) is 6.84. The first kappa shape index (κ1) is 9.50. The maximum absolute atomic E-state index is 12.6. The molecule has 0 N–H and O–H groups in total. The van der Waals surface area contributed by atoms with Crippen LogP contribution in [0.1, 0.15) is 25.7 Å². The predicted octanol–water partition coefficient (Wildman–Crippen LogP) is 3.35. The highest BCUT2D eigenvalue weighted by Crippen LogP contribution is 2.22. The van der Waals surface area contributed by atoms with Crippen LogP contribution in [0.25, 0.3) is 0 Å². The van der Waals surface area contributed by atoms with Gasteiger partial charge in [0.2, 0.25) is 0 Å². The molecular formula is C12H14FO. The van der Waals surface area contributed by atoms with E-state index in [0.29, 0.717) is 6.10 Å². The smallest absolute Gasteiger partial charge is 0.123 e. The van der Waals surface area contributed by atoms with Gasteiger partial charge in [0.05, 0.1) is 6.10 Å². The third kappa shape index (κ3) is 2.47. The molecular weight excluding hydrogens is 179 g/mol. The lowest BCUT2D eigenvalue weighted by Crippen LogP contribution is -2.19. The van der Waals surface area contributed by atoms with E-state index in [4.69, 9.17) is 4.74 Å². The quantitative estimate of drug-likeness (QED) is 0.699. The van der Waals surface area contributed by atoms with Gasteiger partial charge in [-0.1, -0.05) is 0 Å². The van der Waals surface area contributed by atoms with Gasteiger partial charge in [-0.2, -0.15) is 0 Å². The molecule has 0 amide bonds. The zero-order valence-electron chi connectivity index (χ0n) is 8.08. The van der Waals surface area contributed by atoms with Crippen molar-refractivity contribution in [3.8, 4) is 5.75 Å². The molecule has 1 aliphatic carbocycles. The van der Waals surface area contributed by atoms with Crippen molar-refractivity contribution in [2.45, 2.75) is 31.8 Å². The molecule has 0 heterocycles. The van der Waals surface area contributed by atoms with E-state index in [-0.39, 0.29) is 5.82 Å². The molecule has 0 spiro atoms. The van der Waals surface area contributed by atoms with E-state index in [9.17, 15) is 4.39 Å². The van der Waals surface area contributed by atoms with E-state index in [1.54, 1.807) is 12.1 Å². The van der Waals surface area contributed by atoms with Crippen LogP contribution in [-0.4, -0.2) is 6.10 Å². The topological polar surface area (TPSA) is 9.23 Å². The molecule has 14 heavy (non-hydrogen) atoms.